The van der Waals surface area contributed by atoms with Crippen LogP contribution in [0.3, 0.4) is 0 Å². The summed E-state index contributed by atoms with van der Waals surface area (Å²) in [6.45, 7) is 2.22. The number of ether oxygens (including phenoxy) is 1. The van der Waals surface area contributed by atoms with Crippen molar-refractivity contribution in [1.29, 1.82) is 0 Å². The molecule has 3 nitrogen and oxygen atoms in total. The lowest BCUT2D eigenvalue weighted by molar-refractivity contribution is 0.0538. The SMILES string of the molecule is Cc1ccc(C2=CC3CCCC(C2)N3C(=O)OCC2c3ccccc3-c3ccccc32)c(F)c1. The zero-order valence-electron chi connectivity index (χ0n) is 19.3. The quantitative estimate of drug-likeness (QED) is 0.424. The van der Waals surface area contributed by atoms with Gasteiger partial charge in [-0.05, 0) is 72.1 Å². The Bertz CT molecular complexity index is 1250. The number of amides is 1. The van der Waals surface area contributed by atoms with E-state index in [0.717, 1.165) is 30.4 Å². The molecule has 1 amide bonds. The lowest BCUT2D eigenvalue weighted by Crippen LogP contribution is -2.52. The molecule has 3 aromatic rings. The Labute approximate surface area is 199 Å². The summed E-state index contributed by atoms with van der Waals surface area (Å²) in [5, 5.41) is 0. The number of hydrogen-bond acceptors (Lipinski definition) is 2. The van der Waals surface area contributed by atoms with Gasteiger partial charge in [-0.15, -0.1) is 0 Å². The first-order valence-electron chi connectivity index (χ1n) is 12.2. The summed E-state index contributed by atoms with van der Waals surface area (Å²) < 4.78 is 20.6. The monoisotopic (exact) mass is 453 g/mol. The van der Waals surface area contributed by atoms with Crippen LogP contribution in [0.5, 0.6) is 0 Å². The number of nitrogens with zero attached hydrogens (tertiary/aromatic N) is 1. The number of halogens is 1. The van der Waals surface area contributed by atoms with Crippen LogP contribution in [0.1, 0.15) is 53.9 Å². The Hall–Kier alpha value is -3.40. The summed E-state index contributed by atoms with van der Waals surface area (Å²) in [6.07, 6.45) is 5.38. The maximum absolute atomic E-state index is 14.7. The van der Waals surface area contributed by atoms with Crippen molar-refractivity contribution in [1.82, 2.24) is 4.90 Å². The van der Waals surface area contributed by atoms with Gasteiger partial charge in [0.15, 0.2) is 0 Å². The van der Waals surface area contributed by atoms with E-state index in [4.69, 9.17) is 4.74 Å². The third kappa shape index (κ3) is 3.53. The van der Waals surface area contributed by atoms with Gasteiger partial charge in [-0.2, -0.15) is 0 Å². The molecule has 2 bridgehead atoms. The Morgan fingerprint density at radius 2 is 1.68 bits per heavy atom. The second-order valence-corrected chi connectivity index (χ2v) is 9.74. The Balaban J connectivity index is 1.23. The van der Waals surface area contributed by atoms with E-state index in [1.165, 1.54) is 22.3 Å². The fraction of sp³-hybridized carbons (Fsp3) is 0.300. The lowest BCUT2D eigenvalue weighted by atomic mass is 9.83. The standard InChI is InChI=1S/C30H28FNO2/c1-19-13-14-23(29(31)15-19)20-16-21-7-6-8-22(17-20)32(21)30(33)34-18-28-26-11-4-2-9-24(26)25-10-3-5-12-27(25)28/h2-5,9-16,21-22,28H,6-8,17-18H2,1H3. The summed E-state index contributed by atoms with van der Waals surface area (Å²) >= 11 is 0. The second kappa shape index (κ2) is 8.43. The fourth-order valence-corrected chi connectivity index (χ4v) is 6.06. The molecule has 2 heterocycles. The molecule has 0 N–H and O–H groups in total. The molecule has 0 spiro atoms. The van der Waals surface area contributed by atoms with Crippen LogP contribution in [0.25, 0.3) is 16.7 Å². The molecule has 6 rings (SSSR count). The van der Waals surface area contributed by atoms with Crippen LogP contribution in [-0.2, 0) is 4.74 Å². The molecule has 0 radical (unpaired) electrons. The smallest absolute Gasteiger partial charge is 0.410 e. The molecule has 0 saturated carbocycles. The molecule has 4 heteroatoms. The van der Waals surface area contributed by atoms with Crippen molar-refractivity contribution < 1.29 is 13.9 Å². The van der Waals surface area contributed by atoms with Crippen LogP contribution in [0.15, 0.2) is 72.8 Å². The zero-order chi connectivity index (χ0) is 23.2. The van der Waals surface area contributed by atoms with Crippen molar-refractivity contribution in [3.8, 4) is 11.1 Å². The number of aryl methyl sites for hydroxylation is 1. The van der Waals surface area contributed by atoms with Gasteiger partial charge in [0.05, 0.1) is 6.04 Å². The number of hydrogen-bond donors (Lipinski definition) is 0. The van der Waals surface area contributed by atoms with E-state index < -0.39 is 0 Å². The Morgan fingerprint density at radius 3 is 2.35 bits per heavy atom. The number of fused-ring (bicyclic) bond motifs is 5. The number of carbonyl (C=O) groups is 1. The molecule has 2 atom stereocenters. The van der Waals surface area contributed by atoms with Crippen LogP contribution in [0, 0.1) is 12.7 Å². The third-order valence-corrected chi connectivity index (χ3v) is 7.65. The second-order valence-electron chi connectivity index (χ2n) is 9.74. The van der Waals surface area contributed by atoms with Gasteiger partial charge in [-0.25, -0.2) is 9.18 Å². The summed E-state index contributed by atoms with van der Waals surface area (Å²) in [6, 6.07) is 22.2. The predicted molar refractivity (Wildman–Crippen MR) is 132 cm³/mol. The summed E-state index contributed by atoms with van der Waals surface area (Å²) in [5.41, 5.74) is 7.46. The van der Waals surface area contributed by atoms with E-state index >= 15 is 0 Å². The molecule has 3 aliphatic rings. The van der Waals surface area contributed by atoms with Crippen LogP contribution >= 0.6 is 0 Å². The van der Waals surface area contributed by atoms with E-state index in [2.05, 4.69) is 42.5 Å². The molecule has 2 unspecified atom stereocenters. The highest BCUT2D eigenvalue weighted by molar-refractivity contribution is 5.79. The molecule has 0 aromatic heterocycles. The van der Waals surface area contributed by atoms with Gasteiger partial charge in [-0.3, -0.25) is 4.90 Å². The first-order chi connectivity index (χ1) is 16.6. The average Bonchev–Trinajstić information content (AvgIpc) is 3.15. The average molecular weight is 454 g/mol. The highest BCUT2D eigenvalue weighted by Gasteiger charge is 2.39. The molecular formula is C30H28FNO2. The molecule has 34 heavy (non-hydrogen) atoms. The van der Waals surface area contributed by atoms with E-state index in [9.17, 15) is 9.18 Å². The van der Waals surface area contributed by atoms with E-state index in [1.807, 2.05) is 36.1 Å². The molecule has 1 fully saturated rings. The highest BCUT2D eigenvalue weighted by atomic mass is 19.1. The minimum absolute atomic E-state index is 0.0427. The minimum Gasteiger partial charge on any atom is -0.448 e. The molecule has 1 aliphatic carbocycles. The van der Waals surface area contributed by atoms with Crippen molar-refractivity contribution in [2.75, 3.05) is 6.61 Å². The lowest BCUT2D eigenvalue weighted by Gasteiger charge is -2.44. The van der Waals surface area contributed by atoms with E-state index in [1.54, 1.807) is 6.07 Å². The van der Waals surface area contributed by atoms with Gasteiger partial charge in [0.1, 0.15) is 12.4 Å². The van der Waals surface area contributed by atoms with Crippen LogP contribution < -0.4 is 0 Å². The van der Waals surface area contributed by atoms with Gasteiger partial charge in [0.2, 0.25) is 0 Å². The molecule has 3 aromatic carbocycles. The highest BCUT2D eigenvalue weighted by Crippen LogP contribution is 2.45. The van der Waals surface area contributed by atoms with Crippen molar-refractivity contribution >= 4 is 11.7 Å². The first kappa shape index (κ1) is 21.2. The van der Waals surface area contributed by atoms with Crippen molar-refractivity contribution in [3.63, 3.8) is 0 Å². The largest absolute Gasteiger partial charge is 0.448 e. The first-order valence-corrected chi connectivity index (χ1v) is 12.2. The van der Waals surface area contributed by atoms with Gasteiger partial charge < -0.3 is 4.74 Å². The number of piperidine rings is 1. The normalized spacial score (nSPS) is 21.0. The summed E-state index contributed by atoms with van der Waals surface area (Å²) in [4.78, 5) is 15.3. The minimum atomic E-state index is -0.253. The van der Waals surface area contributed by atoms with Crippen molar-refractivity contribution in [2.45, 2.75) is 50.6 Å². The van der Waals surface area contributed by atoms with Gasteiger partial charge in [0, 0.05) is 17.5 Å². The Morgan fingerprint density at radius 1 is 0.971 bits per heavy atom. The van der Waals surface area contributed by atoms with Crippen molar-refractivity contribution in [2.24, 2.45) is 0 Å². The van der Waals surface area contributed by atoms with Crippen LogP contribution in [-0.4, -0.2) is 29.7 Å². The maximum Gasteiger partial charge on any atom is 0.410 e. The van der Waals surface area contributed by atoms with Crippen molar-refractivity contribution in [3.05, 3.63) is 101 Å². The summed E-state index contributed by atoms with van der Waals surface area (Å²) in [7, 11) is 0. The fourth-order valence-electron chi connectivity index (χ4n) is 6.06. The third-order valence-electron chi connectivity index (χ3n) is 7.65. The van der Waals surface area contributed by atoms with E-state index in [-0.39, 0.29) is 29.9 Å². The predicted octanol–water partition coefficient (Wildman–Crippen LogP) is 7.09. The topological polar surface area (TPSA) is 29.5 Å². The number of carbonyl (C=O) groups excluding carboxylic acids is 1. The van der Waals surface area contributed by atoms with Gasteiger partial charge in [-0.1, -0.05) is 66.7 Å². The molecular weight excluding hydrogens is 425 g/mol. The van der Waals surface area contributed by atoms with E-state index in [0.29, 0.717) is 18.6 Å². The van der Waals surface area contributed by atoms with Gasteiger partial charge >= 0.3 is 6.09 Å². The molecule has 172 valence electrons. The number of benzene rings is 3. The molecule has 1 saturated heterocycles. The van der Waals surface area contributed by atoms with Crippen LogP contribution in [0.2, 0.25) is 0 Å². The van der Waals surface area contributed by atoms with Gasteiger partial charge in [0.25, 0.3) is 0 Å². The number of rotatable bonds is 3. The summed E-state index contributed by atoms with van der Waals surface area (Å²) in [5.74, 6) is -0.132. The Kier molecular flexibility index (Phi) is 5.24. The van der Waals surface area contributed by atoms with Crippen LogP contribution in [0.4, 0.5) is 9.18 Å². The molecule has 2 aliphatic heterocycles. The zero-order valence-corrected chi connectivity index (χ0v) is 19.3. The maximum atomic E-state index is 14.7.